The molecule has 19 heteroatoms. The van der Waals surface area contributed by atoms with Gasteiger partial charge in [-0.1, -0.05) is 310 Å². The van der Waals surface area contributed by atoms with Crippen LogP contribution in [0, 0.1) is 17.8 Å². The number of unbranched alkanes of at least 4 members (excludes halogenated alkanes) is 36. The van der Waals surface area contributed by atoms with E-state index in [9.17, 15) is 43.2 Å². The van der Waals surface area contributed by atoms with E-state index in [4.69, 9.17) is 37.0 Å². The first kappa shape index (κ1) is 92.5. The number of hydrogen-bond donors (Lipinski definition) is 3. The second-order valence-electron chi connectivity index (χ2n) is 27.9. The molecule has 0 amide bonds. The number of phosphoric ester groups is 2. The minimum Gasteiger partial charge on any atom is -0.462 e. The van der Waals surface area contributed by atoms with Gasteiger partial charge in [0.15, 0.2) is 12.2 Å². The summed E-state index contributed by atoms with van der Waals surface area (Å²) >= 11 is 0. The molecular formula is C76H144O17P2. The van der Waals surface area contributed by atoms with E-state index in [0.717, 1.165) is 120 Å². The summed E-state index contributed by atoms with van der Waals surface area (Å²) in [6.45, 7) is 11.8. The first-order chi connectivity index (χ1) is 45.8. The first-order valence-corrected chi connectivity index (χ1v) is 41.7. The van der Waals surface area contributed by atoms with E-state index in [1.165, 1.54) is 161 Å². The molecule has 0 aromatic heterocycles. The third-order valence-electron chi connectivity index (χ3n) is 17.4. The predicted octanol–water partition coefficient (Wildman–Crippen LogP) is 21.7. The molecule has 0 heterocycles. The van der Waals surface area contributed by atoms with Gasteiger partial charge >= 0.3 is 39.5 Å². The van der Waals surface area contributed by atoms with Crippen molar-refractivity contribution < 1.29 is 80.2 Å². The minimum absolute atomic E-state index is 0.0849. The number of allylic oxidation sites excluding steroid dienone is 4. The number of carbonyl (C=O) groups excluding carboxylic acids is 4. The lowest BCUT2D eigenvalue weighted by Crippen LogP contribution is -2.30. The van der Waals surface area contributed by atoms with Crippen molar-refractivity contribution in [3.8, 4) is 0 Å². The lowest BCUT2D eigenvalue weighted by molar-refractivity contribution is -0.161. The molecule has 0 aromatic rings. The van der Waals surface area contributed by atoms with Crippen molar-refractivity contribution in [2.75, 3.05) is 39.6 Å². The van der Waals surface area contributed by atoms with Gasteiger partial charge in [-0.25, -0.2) is 9.13 Å². The van der Waals surface area contributed by atoms with E-state index < -0.39 is 97.5 Å². The van der Waals surface area contributed by atoms with E-state index in [0.29, 0.717) is 25.7 Å². The summed E-state index contributed by atoms with van der Waals surface area (Å²) < 4.78 is 68.4. The monoisotopic (exact) mass is 1390 g/mol. The fourth-order valence-electron chi connectivity index (χ4n) is 11.0. The van der Waals surface area contributed by atoms with Crippen LogP contribution in [-0.4, -0.2) is 96.7 Å². The van der Waals surface area contributed by atoms with Gasteiger partial charge in [0.25, 0.3) is 0 Å². The Morgan fingerprint density at radius 2 is 0.621 bits per heavy atom. The maximum atomic E-state index is 13.1. The van der Waals surface area contributed by atoms with Crippen molar-refractivity contribution >= 4 is 39.5 Å². The Labute approximate surface area is 580 Å². The molecule has 0 aromatic carbocycles. The predicted molar refractivity (Wildman–Crippen MR) is 386 cm³/mol. The molecule has 17 nitrogen and oxygen atoms in total. The zero-order valence-electron chi connectivity index (χ0n) is 61.6. The molecule has 0 saturated heterocycles. The maximum absolute atomic E-state index is 13.1. The van der Waals surface area contributed by atoms with E-state index in [1.807, 2.05) is 0 Å². The van der Waals surface area contributed by atoms with Gasteiger partial charge in [-0.05, 0) is 69.1 Å². The van der Waals surface area contributed by atoms with Crippen LogP contribution in [0.5, 0.6) is 0 Å². The second kappa shape index (κ2) is 66.1. The summed E-state index contributed by atoms with van der Waals surface area (Å²) in [5.74, 6) is 0.101. The molecule has 0 aliphatic carbocycles. The van der Waals surface area contributed by atoms with Crippen molar-refractivity contribution in [3.05, 3.63) is 24.3 Å². The summed E-state index contributed by atoms with van der Waals surface area (Å²) in [7, 11) is -9.92. The Hall–Kier alpha value is -2.46. The Morgan fingerprint density at radius 3 is 0.937 bits per heavy atom. The van der Waals surface area contributed by atoms with Crippen LogP contribution in [0.3, 0.4) is 0 Å². The van der Waals surface area contributed by atoms with Crippen molar-refractivity contribution in [2.45, 2.75) is 381 Å². The van der Waals surface area contributed by atoms with Crippen LogP contribution in [0.2, 0.25) is 0 Å². The standard InChI is InChI=1S/C76H144O17P2/c1-8-10-11-12-13-14-15-16-19-24-27-30-37-45-52-59-75(80)92-71(63-86-73(78)57-50-43-35-29-26-23-21-18-17-20-22-25-28-33-40-47-54-67(3)4)65-90-94(82,83)88-61-70(77)62-89-95(84,85)91-66-72(93-76(81)60-53-46-39-38-42-49-56-69(7)9-2)64-87-74(79)58-51-44-36-32-31-34-41-48-55-68(5)6/h14-16,19,67-72,77H,8-13,17-18,20-66H2,1-7H3,(H,82,83)(H,84,85)/b15-14-,19-16-/t69?,70?,71-,72-/m1/s1. The highest BCUT2D eigenvalue weighted by molar-refractivity contribution is 7.47. The van der Waals surface area contributed by atoms with Crippen LogP contribution in [0.4, 0.5) is 0 Å². The van der Waals surface area contributed by atoms with Crippen molar-refractivity contribution in [2.24, 2.45) is 17.8 Å². The molecule has 0 spiro atoms. The zero-order chi connectivity index (χ0) is 70.1. The Balaban J connectivity index is 5.25. The molecule has 95 heavy (non-hydrogen) atoms. The molecule has 0 radical (unpaired) electrons. The molecule has 0 saturated carbocycles. The number of carbonyl (C=O) groups is 4. The number of phosphoric acid groups is 2. The third-order valence-corrected chi connectivity index (χ3v) is 19.3. The molecule has 0 aliphatic rings. The van der Waals surface area contributed by atoms with Gasteiger partial charge in [0.2, 0.25) is 0 Å². The number of aliphatic hydroxyl groups excluding tert-OH is 1. The molecule has 0 fully saturated rings. The fraction of sp³-hybridized carbons (Fsp3) is 0.895. The lowest BCUT2D eigenvalue weighted by atomic mass is 10.00. The van der Waals surface area contributed by atoms with Gasteiger partial charge in [0.1, 0.15) is 19.3 Å². The number of aliphatic hydroxyl groups is 1. The van der Waals surface area contributed by atoms with Gasteiger partial charge in [-0.2, -0.15) is 0 Å². The highest BCUT2D eigenvalue weighted by Crippen LogP contribution is 2.45. The first-order valence-electron chi connectivity index (χ1n) is 38.7. The Kier molecular flexibility index (Phi) is 64.4. The maximum Gasteiger partial charge on any atom is 0.472 e. The number of rotatable bonds is 72. The van der Waals surface area contributed by atoms with Gasteiger partial charge in [0, 0.05) is 25.7 Å². The third kappa shape index (κ3) is 68.5. The molecule has 0 rings (SSSR count). The quantitative estimate of drug-likeness (QED) is 0.0169. The van der Waals surface area contributed by atoms with Gasteiger partial charge in [-0.3, -0.25) is 37.3 Å². The summed E-state index contributed by atoms with van der Waals surface area (Å²) in [5.41, 5.74) is 0. The number of hydrogen-bond acceptors (Lipinski definition) is 15. The topological polar surface area (TPSA) is 237 Å². The van der Waals surface area contributed by atoms with Crippen LogP contribution < -0.4 is 0 Å². The van der Waals surface area contributed by atoms with E-state index in [-0.39, 0.29) is 25.7 Å². The summed E-state index contributed by atoms with van der Waals surface area (Å²) in [6.07, 6.45) is 55.1. The Bertz CT molecular complexity index is 1950. The highest BCUT2D eigenvalue weighted by Gasteiger charge is 2.30. The van der Waals surface area contributed by atoms with Crippen LogP contribution in [-0.2, 0) is 65.4 Å². The second-order valence-corrected chi connectivity index (χ2v) is 30.8. The van der Waals surface area contributed by atoms with Gasteiger partial charge in [0.05, 0.1) is 26.4 Å². The van der Waals surface area contributed by atoms with Crippen LogP contribution >= 0.6 is 15.6 Å². The average Bonchev–Trinajstić information content (AvgIpc) is 1.60. The van der Waals surface area contributed by atoms with Crippen molar-refractivity contribution in [3.63, 3.8) is 0 Å². The SMILES string of the molecule is CCCCCC/C=C\C=C/CCCCCCCC(=O)O[C@H](COC(=O)CCCCCCCCCCCCCCCCCCC(C)C)COP(=O)(O)OCC(O)COP(=O)(O)OC[C@@H](COC(=O)CCCCCCCCCCC(C)C)OC(=O)CCCCCCCCC(C)CC. The van der Waals surface area contributed by atoms with Crippen LogP contribution in [0.15, 0.2) is 24.3 Å². The molecule has 3 N–H and O–H groups in total. The van der Waals surface area contributed by atoms with Crippen molar-refractivity contribution in [1.82, 2.24) is 0 Å². The molecule has 560 valence electrons. The largest absolute Gasteiger partial charge is 0.472 e. The average molecular weight is 1390 g/mol. The van der Waals surface area contributed by atoms with E-state index in [2.05, 4.69) is 72.8 Å². The smallest absolute Gasteiger partial charge is 0.462 e. The molecular weight excluding hydrogens is 1250 g/mol. The fourth-order valence-corrected chi connectivity index (χ4v) is 12.6. The van der Waals surface area contributed by atoms with E-state index >= 15 is 0 Å². The molecule has 6 atom stereocenters. The number of ether oxygens (including phenoxy) is 4. The molecule has 4 unspecified atom stereocenters. The molecule has 0 aliphatic heterocycles. The number of esters is 4. The Morgan fingerprint density at radius 1 is 0.347 bits per heavy atom. The lowest BCUT2D eigenvalue weighted by Gasteiger charge is -2.21. The summed E-state index contributed by atoms with van der Waals surface area (Å²) in [6, 6.07) is 0. The molecule has 0 bridgehead atoms. The summed E-state index contributed by atoms with van der Waals surface area (Å²) in [4.78, 5) is 72.7. The van der Waals surface area contributed by atoms with Crippen molar-refractivity contribution in [1.29, 1.82) is 0 Å². The summed E-state index contributed by atoms with van der Waals surface area (Å²) in [5, 5.41) is 10.6. The highest BCUT2D eigenvalue weighted by atomic mass is 31.2. The van der Waals surface area contributed by atoms with E-state index in [1.54, 1.807) is 0 Å². The minimum atomic E-state index is -4.97. The van der Waals surface area contributed by atoms with Gasteiger partial charge < -0.3 is 33.8 Å². The van der Waals surface area contributed by atoms with Gasteiger partial charge in [-0.15, -0.1) is 0 Å². The normalized spacial score (nSPS) is 14.5. The zero-order valence-corrected chi connectivity index (χ0v) is 63.4. The van der Waals surface area contributed by atoms with Crippen LogP contribution in [0.25, 0.3) is 0 Å². The van der Waals surface area contributed by atoms with Crippen LogP contribution in [0.1, 0.15) is 363 Å².